The number of amides is 1. The van der Waals surface area contributed by atoms with Crippen LogP contribution in [0, 0.1) is 11.3 Å². The van der Waals surface area contributed by atoms with Gasteiger partial charge >= 0.3 is 0 Å². The van der Waals surface area contributed by atoms with Gasteiger partial charge in [0.25, 0.3) is 0 Å². The number of benzene rings is 2. The van der Waals surface area contributed by atoms with Gasteiger partial charge < -0.3 is 15.2 Å². The van der Waals surface area contributed by atoms with Crippen molar-refractivity contribution in [2.24, 2.45) is 11.3 Å². The number of carbonyl (C=O) groups excluding carboxylic acids is 2. The molecule has 31 heavy (non-hydrogen) atoms. The van der Waals surface area contributed by atoms with Crippen molar-refractivity contribution < 1.29 is 9.59 Å². The van der Waals surface area contributed by atoms with Gasteiger partial charge in [0.1, 0.15) is 5.78 Å². The minimum absolute atomic E-state index is 0.00316. The van der Waals surface area contributed by atoms with E-state index in [9.17, 15) is 9.59 Å². The van der Waals surface area contributed by atoms with Crippen LogP contribution in [-0.4, -0.2) is 16.7 Å². The Morgan fingerprint density at radius 1 is 1.13 bits per heavy atom. The molecule has 3 aromatic rings. The zero-order valence-corrected chi connectivity index (χ0v) is 18.1. The first-order valence-corrected chi connectivity index (χ1v) is 10.9. The summed E-state index contributed by atoms with van der Waals surface area (Å²) in [5.41, 5.74) is 4.29. The summed E-state index contributed by atoms with van der Waals surface area (Å²) in [5, 5.41) is 4.57. The van der Waals surface area contributed by atoms with Crippen LogP contribution in [0.1, 0.15) is 45.2 Å². The Balaban J connectivity index is 1.82. The summed E-state index contributed by atoms with van der Waals surface area (Å²) in [7, 11) is 0. The minimum atomic E-state index is -0.449. The molecule has 0 bridgehead atoms. The van der Waals surface area contributed by atoms with Crippen molar-refractivity contribution in [1.29, 1.82) is 0 Å². The molecule has 2 unspecified atom stereocenters. The van der Waals surface area contributed by atoms with Crippen LogP contribution in [0.5, 0.6) is 0 Å². The summed E-state index contributed by atoms with van der Waals surface area (Å²) in [6.45, 7) is 6.04. The number of allylic oxidation sites excluding steroid dienone is 1. The van der Waals surface area contributed by atoms with E-state index in [0.717, 1.165) is 33.5 Å². The molecule has 2 N–H and O–H groups in total. The highest BCUT2D eigenvalue weighted by Gasteiger charge is 2.46. The van der Waals surface area contributed by atoms with E-state index < -0.39 is 12.0 Å². The van der Waals surface area contributed by atoms with Crippen LogP contribution in [-0.2, 0) is 9.59 Å². The number of hydrogen-bond acceptors (Lipinski definition) is 3. The maximum atomic E-state index is 13.6. The number of Topliss-reactive ketones (excluding diaryl/α,β-unsaturated/α-hetero) is 1. The Bertz CT molecular complexity index is 1220. The highest BCUT2D eigenvalue weighted by Crippen LogP contribution is 2.49. The molecule has 1 amide bonds. The van der Waals surface area contributed by atoms with Gasteiger partial charge in [-0.15, -0.1) is 0 Å². The van der Waals surface area contributed by atoms with E-state index in [1.165, 1.54) is 0 Å². The number of carbonyl (C=O) groups is 2. The van der Waals surface area contributed by atoms with E-state index in [-0.39, 0.29) is 17.1 Å². The topological polar surface area (TPSA) is 65.2 Å². The monoisotopic (exact) mass is 413 g/mol. The van der Waals surface area contributed by atoms with E-state index in [2.05, 4.69) is 36.3 Å². The molecule has 5 rings (SSSR count). The lowest BCUT2D eigenvalue weighted by atomic mass is 9.72. The number of fused-ring (bicyclic) bond motifs is 3. The van der Waals surface area contributed by atoms with Crippen molar-refractivity contribution in [3.05, 3.63) is 72.1 Å². The van der Waals surface area contributed by atoms with Gasteiger partial charge in [-0.1, -0.05) is 57.2 Å². The van der Waals surface area contributed by atoms with E-state index in [1.807, 2.05) is 60.5 Å². The lowest BCUT2D eigenvalue weighted by molar-refractivity contribution is -0.125. The van der Waals surface area contributed by atoms with Crippen LogP contribution in [0.3, 0.4) is 0 Å². The van der Waals surface area contributed by atoms with Gasteiger partial charge in [0.2, 0.25) is 5.91 Å². The molecule has 2 aromatic carbocycles. The van der Waals surface area contributed by atoms with Gasteiger partial charge in [0, 0.05) is 41.2 Å². The first kappa shape index (κ1) is 19.6. The lowest BCUT2D eigenvalue weighted by Crippen LogP contribution is -2.43. The van der Waals surface area contributed by atoms with Gasteiger partial charge in [-0.3, -0.25) is 9.59 Å². The van der Waals surface area contributed by atoms with Crippen molar-refractivity contribution in [1.82, 2.24) is 4.98 Å². The summed E-state index contributed by atoms with van der Waals surface area (Å²) in [5.74, 6) is -0.287. The van der Waals surface area contributed by atoms with Crippen molar-refractivity contribution in [3.63, 3.8) is 0 Å². The molecule has 0 fully saturated rings. The molecule has 2 heterocycles. The minimum Gasteiger partial charge on any atom is -0.361 e. The third kappa shape index (κ3) is 3.16. The average Bonchev–Trinajstić information content (AvgIpc) is 3.10. The van der Waals surface area contributed by atoms with Gasteiger partial charge in [-0.05, 0) is 23.6 Å². The molecular formula is C26H27N3O2. The Morgan fingerprint density at radius 2 is 1.87 bits per heavy atom. The molecule has 1 aliphatic heterocycles. The summed E-state index contributed by atoms with van der Waals surface area (Å²) in [4.78, 5) is 32.2. The fraction of sp³-hybridized carbons (Fsp3) is 0.308. The van der Waals surface area contributed by atoms with E-state index in [0.29, 0.717) is 12.8 Å². The average molecular weight is 414 g/mol. The number of nitrogens with one attached hydrogen (secondary N) is 2. The molecule has 0 saturated carbocycles. The normalized spacial score (nSPS) is 22.2. The van der Waals surface area contributed by atoms with Gasteiger partial charge in [-0.25, -0.2) is 0 Å². The maximum Gasteiger partial charge on any atom is 0.227 e. The summed E-state index contributed by atoms with van der Waals surface area (Å²) in [6, 6.07) is 15.5. The van der Waals surface area contributed by atoms with Crippen molar-refractivity contribution in [2.45, 2.75) is 39.7 Å². The lowest BCUT2D eigenvalue weighted by Gasteiger charge is -2.39. The zero-order valence-electron chi connectivity index (χ0n) is 18.1. The first-order chi connectivity index (χ1) is 14.9. The predicted octanol–water partition coefficient (Wildman–Crippen LogP) is 5.58. The van der Waals surface area contributed by atoms with Crippen LogP contribution in [0.25, 0.3) is 10.9 Å². The quantitative estimate of drug-likeness (QED) is 0.577. The second kappa shape index (κ2) is 7.12. The van der Waals surface area contributed by atoms with Crippen LogP contribution in [0.15, 0.2) is 66.5 Å². The van der Waals surface area contributed by atoms with Crippen LogP contribution >= 0.6 is 0 Å². The van der Waals surface area contributed by atoms with E-state index in [1.54, 1.807) is 0 Å². The Labute approximate surface area is 182 Å². The maximum absolute atomic E-state index is 13.6. The smallest absolute Gasteiger partial charge is 0.227 e. The highest BCUT2D eigenvalue weighted by atomic mass is 16.2. The first-order valence-electron chi connectivity index (χ1n) is 10.9. The Hall–Kier alpha value is -3.34. The number of aromatic amines is 1. The predicted molar refractivity (Wildman–Crippen MR) is 124 cm³/mol. The number of nitrogens with zero attached hydrogens (tertiary/aromatic N) is 1. The highest BCUT2D eigenvalue weighted by molar-refractivity contribution is 6.02. The van der Waals surface area contributed by atoms with E-state index in [4.69, 9.17) is 0 Å². The number of H-pyrrole nitrogens is 1. The second-order valence-electron chi connectivity index (χ2n) is 9.20. The number of hydrogen-bond donors (Lipinski definition) is 2. The van der Waals surface area contributed by atoms with Crippen molar-refractivity contribution in [3.8, 4) is 0 Å². The number of ketones is 1. The van der Waals surface area contributed by atoms with Gasteiger partial charge in [-0.2, -0.15) is 0 Å². The third-order valence-electron chi connectivity index (χ3n) is 6.41. The fourth-order valence-electron chi connectivity index (χ4n) is 5.12. The number of rotatable bonds is 2. The molecule has 0 saturated heterocycles. The van der Waals surface area contributed by atoms with Crippen LogP contribution in [0.4, 0.5) is 11.4 Å². The molecule has 0 radical (unpaired) electrons. The Morgan fingerprint density at radius 3 is 2.68 bits per heavy atom. The number of aromatic nitrogens is 1. The summed E-state index contributed by atoms with van der Waals surface area (Å²) in [6.07, 6.45) is 4.95. The fourth-order valence-corrected chi connectivity index (χ4v) is 5.12. The molecular weight excluding hydrogens is 386 g/mol. The molecule has 158 valence electrons. The molecule has 5 heteroatoms. The molecule has 0 spiro atoms. The van der Waals surface area contributed by atoms with Gasteiger partial charge in [0.15, 0.2) is 0 Å². The second-order valence-corrected chi connectivity index (χ2v) is 9.20. The molecule has 2 atom stereocenters. The third-order valence-corrected chi connectivity index (χ3v) is 6.41. The van der Waals surface area contributed by atoms with Crippen molar-refractivity contribution in [2.75, 3.05) is 10.2 Å². The van der Waals surface area contributed by atoms with Gasteiger partial charge in [0.05, 0.1) is 23.3 Å². The van der Waals surface area contributed by atoms with Crippen LogP contribution in [0.2, 0.25) is 0 Å². The molecule has 2 aliphatic rings. The summed E-state index contributed by atoms with van der Waals surface area (Å²) >= 11 is 0. The van der Waals surface area contributed by atoms with E-state index >= 15 is 0 Å². The standard InChI is InChI=1S/C26H27N3O2/c1-4-23(31)29-21-12-8-7-11-19(21)28-20-13-26(2,3)14-22(30)24(20)25(29)17-15-27-18-10-6-5-9-16(17)18/h5-13,15,24-25,27-28H,4,14H2,1-3H3. The Kier molecular flexibility index (Phi) is 4.50. The number of para-hydroxylation sites is 3. The molecule has 1 aliphatic carbocycles. The van der Waals surface area contributed by atoms with Crippen LogP contribution < -0.4 is 10.2 Å². The summed E-state index contributed by atoms with van der Waals surface area (Å²) < 4.78 is 0. The van der Waals surface area contributed by atoms with Crippen molar-refractivity contribution >= 4 is 34.0 Å². The SMILES string of the molecule is CCC(=O)N1c2ccccc2NC2=CC(C)(C)CC(=O)C2C1c1c[nH]c2ccccc12. The zero-order chi connectivity index (χ0) is 21.8. The molecule has 1 aromatic heterocycles. The largest absolute Gasteiger partial charge is 0.361 e. The number of anilines is 2. The molecule has 5 nitrogen and oxygen atoms in total.